The summed E-state index contributed by atoms with van der Waals surface area (Å²) in [5.41, 5.74) is -0.695. The first kappa shape index (κ1) is 25.3. The molecule has 1 aliphatic heterocycles. The van der Waals surface area contributed by atoms with E-state index >= 15 is 0 Å². The van der Waals surface area contributed by atoms with Gasteiger partial charge in [0, 0.05) is 19.2 Å². The highest BCUT2D eigenvalue weighted by atomic mass is 19.4. The topological polar surface area (TPSA) is 106 Å². The summed E-state index contributed by atoms with van der Waals surface area (Å²) < 4.78 is 50.3. The van der Waals surface area contributed by atoms with E-state index in [1.807, 2.05) is 0 Å². The average molecular weight is 484 g/mol. The molecule has 1 aromatic carbocycles. The van der Waals surface area contributed by atoms with Crippen molar-refractivity contribution in [2.45, 2.75) is 57.7 Å². The predicted molar refractivity (Wildman–Crippen MR) is 114 cm³/mol. The van der Waals surface area contributed by atoms with E-state index in [9.17, 15) is 27.9 Å². The first-order valence-corrected chi connectivity index (χ1v) is 10.5. The van der Waals surface area contributed by atoms with E-state index in [4.69, 9.17) is 9.47 Å². The number of carbonyl (C=O) groups excluding carboxylic acids is 2. The number of nitrogens with zero attached hydrogens (tertiary/aromatic N) is 3. The van der Waals surface area contributed by atoms with Crippen molar-refractivity contribution in [2.75, 3.05) is 13.7 Å². The van der Waals surface area contributed by atoms with Gasteiger partial charge in [-0.05, 0) is 45.0 Å². The van der Waals surface area contributed by atoms with Gasteiger partial charge < -0.3 is 19.9 Å². The molecular weight excluding hydrogens is 457 g/mol. The lowest BCUT2D eigenvalue weighted by atomic mass is 10.2. The average Bonchev–Trinajstić information content (AvgIpc) is 3.33. The van der Waals surface area contributed by atoms with Crippen LogP contribution in [0.3, 0.4) is 0 Å². The van der Waals surface area contributed by atoms with Gasteiger partial charge in [0.1, 0.15) is 11.6 Å². The highest BCUT2D eigenvalue weighted by molar-refractivity contribution is 5.86. The lowest BCUT2D eigenvalue weighted by molar-refractivity contribution is -0.137. The predicted octanol–water partition coefficient (Wildman–Crippen LogP) is 2.89. The molecule has 2 N–H and O–H groups in total. The minimum atomic E-state index is -4.45. The van der Waals surface area contributed by atoms with Gasteiger partial charge in [0.25, 0.3) is 0 Å². The summed E-state index contributed by atoms with van der Waals surface area (Å²) in [6, 6.07) is 3.52. The summed E-state index contributed by atoms with van der Waals surface area (Å²) in [4.78, 5) is 26.4. The van der Waals surface area contributed by atoms with Gasteiger partial charge in [-0.25, -0.2) is 9.48 Å². The standard InChI is InChI=1S/C22H27F3N4O5/c1-21(2,3)34-20(32)28-12-16(30)9-17(28)18(31)26-10-13-11-29(27-19(13)33-4)15-7-5-14(6-8-15)22(23,24)25/h5-8,11,16-17,30H,9-10,12H2,1-4H3,(H,26,31)/t16-,17?/m0/s1. The van der Waals surface area contributed by atoms with Crippen molar-refractivity contribution in [1.29, 1.82) is 0 Å². The summed E-state index contributed by atoms with van der Waals surface area (Å²) in [6.07, 6.45) is -4.42. The number of hydrogen-bond donors (Lipinski definition) is 2. The van der Waals surface area contributed by atoms with Gasteiger partial charge in [-0.2, -0.15) is 13.2 Å². The summed E-state index contributed by atoms with van der Waals surface area (Å²) in [5, 5.41) is 16.9. The number of aromatic nitrogens is 2. The number of halogens is 3. The van der Waals surface area contributed by atoms with E-state index in [2.05, 4.69) is 10.4 Å². The molecule has 1 aliphatic rings. The molecule has 0 aliphatic carbocycles. The number of benzene rings is 1. The van der Waals surface area contributed by atoms with Crippen LogP contribution in [0.5, 0.6) is 5.88 Å². The van der Waals surface area contributed by atoms with Gasteiger partial charge >= 0.3 is 12.3 Å². The second-order valence-electron chi connectivity index (χ2n) is 8.91. The van der Waals surface area contributed by atoms with E-state index in [0.717, 1.165) is 12.1 Å². The van der Waals surface area contributed by atoms with Crippen molar-refractivity contribution in [3.63, 3.8) is 0 Å². The van der Waals surface area contributed by atoms with Crippen LogP contribution in [-0.2, 0) is 22.3 Å². The zero-order chi connectivity index (χ0) is 25.3. The lowest BCUT2D eigenvalue weighted by Gasteiger charge is -2.27. The smallest absolute Gasteiger partial charge is 0.416 e. The van der Waals surface area contributed by atoms with Crippen molar-refractivity contribution in [2.24, 2.45) is 0 Å². The number of nitrogens with one attached hydrogen (secondary N) is 1. The van der Waals surface area contributed by atoms with Crippen molar-refractivity contribution in [3.05, 3.63) is 41.6 Å². The van der Waals surface area contributed by atoms with Crippen LogP contribution in [0.25, 0.3) is 5.69 Å². The maximum absolute atomic E-state index is 12.8. The number of likely N-dealkylation sites (tertiary alicyclic amines) is 1. The molecule has 0 saturated carbocycles. The first-order valence-electron chi connectivity index (χ1n) is 10.5. The first-order chi connectivity index (χ1) is 15.8. The molecule has 0 spiro atoms. The summed E-state index contributed by atoms with van der Waals surface area (Å²) in [7, 11) is 1.38. The van der Waals surface area contributed by atoms with Gasteiger partial charge in [0.05, 0.1) is 36.6 Å². The van der Waals surface area contributed by atoms with Crippen LogP contribution < -0.4 is 10.1 Å². The van der Waals surface area contributed by atoms with Crippen LogP contribution in [0.4, 0.5) is 18.0 Å². The van der Waals surface area contributed by atoms with Crippen molar-refractivity contribution in [1.82, 2.24) is 20.0 Å². The molecule has 2 atom stereocenters. The fourth-order valence-corrected chi connectivity index (χ4v) is 3.51. The van der Waals surface area contributed by atoms with E-state index in [1.54, 1.807) is 20.8 Å². The van der Waals surface area contributed by atoms with E-state index in [0.29, 0.717) is 11.3 Å². The maximum Gasteiger partial charge on any atom is 0.416 e. The Morgan fingerprint density at radius 3 is 2.41 bits per heavy atom. The van der Waals surface area contributed by atoms with Crippen LogP contribution in [0.1, 0.15) is 38.3 Å². The van der Waals surface area contributed by atoms with Crippen molar-refractivity contribution < 1.29 is 37.3 Å². The molecule has 0 radical (unpaired) electrons. The van der Waals surface area contributed by atoms with Crippen LogP contribution in [-0.4, -0.2) is 63.2 Å². The fourth-order valence-electron chi connectivity index (χ4n) is 3.51. The fraction of sp³-hybridized carbons (Fsp3) is 0.500. The third-order valence-corrected chi connectivity index (χ3v) is 5.07. The number of amides is 2. The highest BCUT2D eigenvalue weighted by Gasteiger charge is 2.41. The Hall–Kier alpha value is -3.28. The molecule has 2 amide bonds. The zero-order valence-electron chi connectivity index (χ0n) is 19.2. The van der Waals surface area contributed by atoms with Gasteiger partial charge in [-0.1, -0.05) is 0 Å². The molecule has 9 nitrogen and oxygen atoms in total. The third kappa shape index (κ3) is 5.99. The Kier molecular flexibility index (Phi) is 7.10. The van der Waals surface area contributed by atoms with Crippen LogP contribution >= 0.6 is 0 Å². The Labute approximate surface area is 194 Å². The molecule has 1 aromatic heterocycles. The second kappa shape index (κ2) is 9.53. The lowest BCUT2D eigenvalue weighted by Crippen LogP contribution is -2.47. The SMILES string of the molecule is COc1nn(-c2ccc(C(F)(F)F)cc2)cc1CNC(=O)C1C[C@H](O)CN1C(=O)OC(C)(C)C. The molecule has 3 rings (SSSR count). The molecule has 2 heterocycles. The molecule has 2 aromatic rings. The van der Waals surface area contributed by atoms with E-state index in [1.165, 1.54) is 35.0 Å². The van der Waals surface area contributed by atoms with E-state index < -0.39 is 41.5 Å². The Bertz CT molecular complexity index is 1030. The van der Waals surface area contributed by atoms with Gasteiger partial charge in [0.15, 0.2) is 0 Å². The molecule has 1 fully saturated rings. The number of aliphatic hydroxyl groups is 1. The number of methoxy groups -OCH3 is 1. The molecule has 186 valence electrons. The number of carbonyl (C=O) groups is 2. The van der Waals surface area contributed by atoms with Crippen LogP contribution in [0.15, 0.2) is 30.5 Å². The molecule has 1 saturated heterocycles. The molecule has 0 bridgehead atoms. The van der Waals surface area contributed by atoms with Crippen molar-refractivity contribution >= 4 is 12.0 Å². The van der Waals surface area contributed by atoms with Crippen molar-refractivity contribution in [3.8, 4) is 11.6 Å². The minimum Gasteiger partial charge on any atom is -0.480 e. The molecule has 1 unspecified atom stereocenters. The number of hydrogen-bond acceptors (Lipinski definition) is 6. The Morgan fingerprint density at radius 1 is 1.21 bits per heavy atom. The normalized spacial score (nSPS) is 18.6. The monoisotopic (exact) mass is 484 g/mol. The molecular formula is C22H27F3N4O5. The van der Waals surface area contributed by atoms with Gasteiger partial charge in [-0.15, -0.1) is 5.10 Å². The third-order valence-electron chi connectivity index (χ3n) is 5.07. The summed E-state index contributed by atoms with van der Waals surface area (Å²) in [5.74, 6) is -0.317. The molecule has 12 heteroatoms. The van der Waals surface area contributed by atoms with E-state index in [-0.39, 0.29) is 25.4 Å². The minimum absolute atomic E-state index is 0.0165. The van der Waals surface area contributed by atoms with Crippen LogP contribution in [0, 0.1) is 0 Å². The Balaban J connectivity index is 1.70. The largest absolute Gasteiger partial charge is 0.480 e. The maximum atomic E-state index is 12.8. The number of alkyl halides is 3. The molecule has 34 heavy (non-hydrogen) atoms. The summed E-state index contributed by atoms with van der Waals surface area (Å²) >= 11 is 0. The van der Waals surface area contributed by atoms with Gasteiger partial charge in [-0.3, -0.25) is 9.69 Å². The zero-order valence-corrected chi connectivity index (χ0v) is 19.2. The quantitative estimate of drug-likeness (QED) is 0.676. The number of aliphatic hydroxyl groups excluding tert-OH is 1. The van der Waals surface area contributed by atoms with Gasteiger partial charge in [0.2, 0.25) is 11.8 Å². The second-order valence-corrected chi connectivity index (χ2v) is 8.91. The van der Waals surface area contributed by atoms with Crippen LogP contribution in [0.2, 0.25) is 0 Å². The number of β-amino-alcohol motifs (C(OH)–C–C–N with tert-alkyl or cyclic N) is 1. The highest BCUT2D eigenvalue weighted by Crippen LogP contribution is 2.30. The number of ether oxygens (including phenoxy) is 2. The Morgan fingerprint density at radius 2 is 1.85 bits per heavy atom. The number of rotatable bonds is 5. The summed E-state index contributed by atoms with van der Waals surface area (Å²) in [6.45, 7) is 5.06.